The van der Waals surface area contributed by atoms with Crippen molar-refractivity contribution in [2.45, 2.75) is 46.1 Å². The molecule has 114 valence electrons. The lowest BCUT2D eigenvalue weighted by Crippen LogP contribution is -2.28. The van der Waals surface area contributed by atoms with E-state index in [0.29, 0.717) is 36.4 Å². The quantitative estimate of drug-likeness (QED) is 0.780. The van der Waals surface area contributed by atoms with Gasteiger partial charge in [-0.3, -0.25) is 0 Å². The van der Waals surface area contributed by atoms with Gasteiger partial charge in [-0.1, -0.05) is 13.8 Å². The van der Waals surface area contributed by atoms with Crippen LogP contribution in [0.25, 0.3) is 0 Å². The summed E-state index contributed by atoms with van der Waals surface area (Å²) in [6, 6.07) is 0. The van der Waals surface area contributed by atoms with E-state index < -0.39 is 0 Å². The lowest BCUT2D eigenvalue weighted by molar-refractivity contribution is 0.144. The number of anilines is 2. The minimum atomic E-state index is -0.138. The summed E-state index contributed by atoms with van der Waals surface area (Å²) in [5.74, 6) is 1.93. The van der Waals surface area contributed by atoms with Crippen molar-refractivity contribution in [3.8, 4) is 5.88 Å². The molecule has 0 aliphatic carbocycles. The third-order valence-corrected chi connectivity index (χ3v) is 2.46. The number of nitrogens with one attached hydrogen (secondary N) is 1. The van der Waals surface area contributed by atoms with Crippen molar-refractivity contribution in [3.63, 3.8) is 0 Å². The molecule has 0 saturated carbocycles. The Morgan fingerprint density at radius 2 is 1.85 bits per heavy atom. The molecule has 0 fully saturated rings. The molecule has 0 saturated heterocycles. The van der Waals surface area contributed by atoms with Gasteiger partial charge >= 0.3 is 0 Å². The summed E-state index contributed by atoms with van der Waals surface area (Å²) in [6.07, 6.45) is 0. The van der Waals surface area contributed by atoms with Crippen LogP contribution < -0.4 is 15.8 Å². The van der Waals surface area contributed by atoms with Gasteiger partial charge in [0.1, 0.15) is 18.1 Å². The lowest BCUT2D eigenvalue weighted by Gasteiger charge is -2.23. The van der Waals surface area contributed by atoms with E-state index in [2.05, 4.69) is 36.1 Å². The van der Waals surface area contributed by atoms with Crippen LogP contribution in [-0.2, 0) is 4.74 Å². The first-order valence-electron chi connectivity index (χ1n) is 6.82. The SMILES string of the molecule is COCCOc1nc(C(C)C)nc(NC(C)(C)C)c1N. The van der Waals surface area contributed by atoms with E-state index in [1.807, 2.05) is 13.8 Å². The summed E-state index contributed by atoms with van der Waals surface area (Å²) < 4.78 is 10.5. The molecule has 0 spiro atoms. The van der Waals surface area contributed by atoms with Gasteiger partial charge in [0.15, 0.2) is 5.82 Å². The molecule has 0 amide bonds. The Hall–Kier alpha value is -1.56. The normalized spacial score (nSPS) is 11.8. The summed E-state index contributed by atoms with van der Waals surface area (Å²) >= 11 is 0. The first kappa shape index (κ1) is 16.5. The van der Waals surface area contributed by atoms with Crippen LogP contribution in [-0.4, -0.2) is 35.8 Å². The molecule has 1 aromatic heterocycles. The Bertz CT molecular complexity index is 442. The van der Waals surface area contributed by atoms with Crippen molar-refractivity contribution >= 4 is 11.5 Å². The standard InChI is InChI=1S/C14H26N4O2/c1-9(2)11-16-12(18-14(3,4)5)10(15)13(17-11)20-8-7-19-6/h9H,7-8,15H2,1-6H3,(H,16,17,18). The molecule has 0 aliphatic heterocycles. The van der Waals surface area contributed by atoms with Crippen LogP contribution in [0.4, 0.5) is 11.5 Å². The van der Waals surface area contributed by atoms with E-state index in [-0.39, 0.29) is 11.5 Å². The summed E-state index contributed by atoms with van der Waals surface area (Å²) in [6.45, 7) is 11.1. The number of hydrogen-bond acceptors (Lipinski definition) is 6. The monoisotopic (exact) mass is 282 g/mol. The number of rotatable bonds is 6. The van der Waals surface area contributed by atoms with Gasteiger partial charge in [0.05, 0.1) is 6.61 Å². The molecule has 0 aromatic carbocycles. The van der Waals surface area contributed by atoms with E-state index in [9.17, 15) is 0 Å². The van der Waals surface area contributed by atoms with E-state index >= 15 is 0 Å². The van der Waals surface area contributed by atoms with Gasteiger partial charge in [0, 0.05) is 18.6 Å². The van der Waals surface area contributed by atoms with Crippen LogP contribution in [0.1, 0.15) is 46.4 Å². The maximum Gasteiger partial charge on any atom is 0.242 e. The van der Waals surface area contributed by atoms with Crippen molar-refractivity contribution in [2.75, 3.05) is 31.4 Å². The number of nitrogen functional groups attached to an aromatic ring is 1. The molecule has 3 N–H and O–H groups in total. The van der Waals surface area contributed by atoms with Crippen LogP contribution in [0.2, 0.25) is 0 Å². The second-order valence-corrected chi connectivity index (χ2v) is 6.02. The van der Waals surface area contributed by atoms with E-state index in [1.165, 1.54) is 0 Å². The van der Waals surface area contributed by atoms with Crippen LogP contribution in [0.5, 0.6) is 5.88 Å². The van der Waals surface area contributed by atoms with Crippen LogP contribution in [0.3, 0.4) is 0 Å². The highest BCUT2D eigenvalue weighted by Gasteiger charge is 2.19. The summed E-state index contributed by atoms with van der Waals surface area (Å²) in [5.41, 5.74) is 6.38. The molecule has 6 heteroatoms. The smallest absolute Gasteiger partial charge is 0.242 e. The Kier molecular flexibility index (Phi) is 5.56. The molecular weight excluding hydrogens is 256 g/mol. The molecule has 20 heavy (non-hydrogen) atoms. The molecule has 1 aromatic rings. The topological polar surface area (TPSA) is 82.3 Å². The molecule has 0 bridgehead atoms. The third-order valence-electron chi connectivity index (χ3n) is 2.46. The second kappa shape index (κ2) is 6.74. The maximum absolute atomic E-state index is 6.09. The predicted molar refractivity (Wildman–Crippen MR) is 81.3 cm³/mol. The highest BCUT2D eigenvalue weighted by atomic mass is 16.5. The first-order valence-corrected chi connectivity index (χ1v) is 6.82. The highest BCUT2D eigenvalue weighted by molar-refractivity contribution is 5.67. The minimum absolute atomic E-state index is 0.138. The number of nitrogens with zero attached hydrogens (tertiary/aromatic N) is 2. The maximum atomic E-state index is 6.09. The molecule has 1 rings (SSSR count). The van der Waals surface area contributed by atoms with Crippen molar-refractivity contribution in [1.82, 2.24) is 9.97 Å². The van der Waals surface area contributed by atoms with Crippen LogP contribution >= 0.6 is 0 Å². The van der Waals surface area contributed by atoms with Crippen molar-refractivity contribution in [1.29, 1.82) is 0 Å². The van der Waals surface area contributed by atoms with Gasteiger partial charge in [-0.05, 0) is 20.8 Å². The Balaban J connectivity index is 3.08. The van der Waals surface area contributed by atoms with Crippen LogP contribution in [0.15, 0.2) is 0 Å². The molecule has 6 nitrogen and oxygen atoms in total. The zero-order valence-corrected chi connectivity index (χ0v) is 13.3. The van der Waals surface area contributed by atoms with Gasteiger partial charge in [0.2, 0.25) is 5.88 Å². The summed E-state index contributed by atoms with van der Waals surface area (Å²) in [5, 5.41) is 3.29. The largest absolute Gasteiger partial charge is 0.474 e. The van der Waals surface area contributed by atoms with Gasteiger partial charge in [-0.15, -0.1) is 0 Å². The second-order valence-electron chi connectivity index (χ2n) is 6.02. The first-order chi connectivity index (χ1) is 9.24. The molecule has 1 heterocycles. The Morgan fingerprint density at radius 1 is 1.20 bits per heavy atom. The minimum Gasteiger partial charge on any atom is -0.474 e. The van der Waals surface area contributed by atoms with E-state index in [4.69, 9.17) is 15.2 Å². The lowest BCUT2D eigenvalue weighted by atomic mass is 10.1. The van der Waals surface area contributed by atoms with Gasteiger partial charge in [-0.25, -0.2) is 4.98 Å². The zero-order valence-electron chi connectivity index (χ0n) is 13.3. The number of aromatic nitrogens is 2. The Morgan fingerprint density at radius 3 is 2.35 bits per heavy atom. The molecule has 0 atom stereocenters. The highest BCUT2D eigenvalue weighted by Crippen LogP contribution is 2.30. The van der Waals surface area contributed by atoms with Gasteiger partial charge in [0.25, 0.3) is 0 Å². The molecular formula is C14H26N4O2. The fourth-order valence-corrected chi connectivity index (χ4v) is 1.51. The fourth-order valence-electron chi connectivity index (χ4n) is 1.51. The van der Waals surface area contributed by atoms with Crippen molar-refractivity contribution in [2.24, 2.45) is 0 Å². The van der Waals surface area contributed by atoms with Crippen molar-refractivity contribution in [3.05, 3.63) is 5.82 Å². The van der Waals surface area contributed by atoms with Crippen molar-refractivity contribution < 1.29 is 9.47 Å². The van der Waals surface area contributed by atoms with E-state index in [1.54, 1.807) is 7.11 Å². The van der Waals surface area contributed by atoms with Gasteiger partial charge in [-0.2, -0.15) is 4.98 Å². The Labute approximate surface area is 121 Å². The predicted octanol–water partition coefficient (Wildman–Crippen LogP) is 2.42. The average Bonchev–Trinajstić information content (AvgIpc) is 2.31. The summed E-state index contributed by atoms with van der Waals surface area (Å²) in [4.78, 5) is 8.87. The van der Waals surface area contributed by atoms with E-state index in [0.717, 1.165) is 0 Å². The zero-order chi connectivity index (χ0) is 15.3. The molecule has 0 unspecified atom stereocenters. The number of hydrogen-bond donors (Lipinski definition) is 2. The number of methoxy groups -OCH3 is 1. The van der Waals surface area contributed by atoms with Gasteiger partial charge < -0.3 is 20.5 Å². The average molecular weight is 282 g/mol. The fraction of sp³-hybridized carbons (Fsp3) is 0.714. The third kappa shape index (κ3) is 4.85. The molecule has 0 aliphatic rings. The molecule has 0 radical (unpaired) electrons. The number of ether oxygens (including phenoxy) is 2. The number of nitrogens with two attached hydrogens (primary N) is 1. The summed E-state index contributed by atoms with van der Waals surface area (Å²) in [7, 11) is 1.62. The van der Waals surface area contributed by atoms with Crippen LogP contribution in [0, 0.1) is 0 Å².